The normalized spacial score (nSPS) is 22.4. The van der Waals surface area contributed by atoms with Gasteiger partial charge in [0.05, 0.1) is 11.3 Å². The molecule has 5 nitrogen and oxygen atoms in total. The van der Waals surface area contributed by atoms with Gasteiger partial charge in [-0.05, 0) is 37.3 Å². The molecule has 2 aliphatic rings. The molecule has 4 rings (SSSR count). The highest BCUT2D eigenvalue weighted by Crippen LogP contribution is 2.38. The van der Waals surface area contributed by atoms with Gasteiger partial charge < -0.3 is 10.2 Å². The highest BCUT2D eigenvalue weighted by Gasteiger charge is 2.39. The van der Waals surface area contributed by atoms with Crippen molar-refractivity contribution in [1.82, 2.24) is 14.7 Å². The number of hydrogen-bond acceptors (Lipinski definition) is 3. The largest absolute Gasteiger partial charge is 0.367 e. The second kappa shape index (κ2) is 8.20. The fourth-order valence-electron chi connectivity index (χ4n) is 4.56. The van der Waals surface area contributed by atoms with Crippen molar-refractivity contribution in [3.05, 3.63) is 47.4 Å². The molecule has 1 aromatic heterocycles. The van der Waals surface area contributed by atoms with Gasteiger partial charge in [0.15, 0.2) is 0 Å². The van der Waals surface area contributed by atoms with Gasteiger partial charge in [0.2, 0.25) is 0 Å². The minimum atomic E-state index is -2.50. The number of aromatic nitrogens is 2. The number of nitrogens with zero attached hydrogens (tertiary/aromatic N) is 3. The summed E-state index contributed by atoms with van der Waals surface area (Å²) in [5.41, 5.74) is 0.631. The SMILES string of the molecule is CC(C)(C)c1cc2n(n1)[C@@H](C(F)F)C[C@@H](C1CCN(C(=O)c3ccccc3F)CC1)N2. The predicted octanol–water partition coefficient (Wildman–Crippen LogP) is 4.86. The molecule has 2 aromatic rings. The summed E-state index contributed by atoms with van der Waals surface area (Å²) in [6.07, 6.45) is -0.830. The van der Waals surface area contributed by atoms with E-state index in [4.69, 9.17) is 0 Å². The maximum atomic E-state index is 14.0. The van der Waals surface area contributed by atoms with Crippen LogP contribution in [0.4, 0.5) is 19.0 Å². The smallest absolute Gasteiger partial charge is 0.260 e. The molecule has 0 saturated carbocycles. The van der Waals surface area contributed by atoms with E-state index in [0.29, 0.717) is 38.2 Å². The first-order valence-electron chi connectivity index (χ1n) is 10.8. The van der Waals surface area contributed by atoms with E-state index in [1.165, 1.54) is 16.8 Å². The molecule has 31 heavy (non-hydrogen) atoms. The molecule has 0 radical (unpaired) electrons. The van der Waals surface area contributed by atoms with E-state index in [-0.39, 0.29) is 28.8 Å². The van der Waals surface area contributed by atoms with Crippen molar-refractivity contribution in [3.63, 3.8) is 0 Å². The first kappa shape index (κ1) is 21.7. The molecule has 1 fully saturated rings. The van der Waals surface area contributed by atoms with E-state index in [2.05, 4.69) is 10.4 Å². The van der Waals surface area contributed by atoms with Gasteiger partial charge in [0, 0.05) is 30.6 Å². The maximum absolute atomic E-state index is 14.0. The summed E-state index contributed by atoms with van der Waals surface area (Å²) in [5.74, 6) is -0.0400. The van der Waals surface area contributed by atoms with Crippen LogP contribution in [0.25, 0.3) is 0 Å². The van der Waals surface area contributed by atoms with Gasteiger partial charge in [0.25, 0.3) is 12.3 Å². The lowest BCUT2D eigenvalue weighted by molar-refractivity contribution is 0.0535. The number of fused-ring (bicyclic) bond motifs is 1. The number of nitrogens with one attached hydrogen (secondary N) is 1. The van der Waals surface area contributed by atoms with Gasteiger partial charge in [-0.3, -0.25) is 4.79 Å². The van der Waals surface area contributed by atoms with Gasteiger partial charge >= 0.3 is 0 Å². The van der Waals surface area contributed by atoms with Crippen LogP contribution < -0.4 is 5.32 Å². The first-order valence-corrected chi connectivity index (χ1v) is 10.8. The third-order valence-corrected chi connectivity index (χ3v) is 6.44. The van der Waals surface area contributed by atoms with Crippen molar-refractivity contribution in [1.29, 1.82) is 0 Å². The van der Waals surface area contributed by atoms with Crippen LogP contribution in [0.3, 0.4) is 0 Å². The lowest BCUT2D eigenvalue weighted by Gasteiger charge is -2.40. The number of likely N-dealkylation sites (tertiary alicyclic amines) is 1. The number of rotatable bonds is 3. The van der Waals surface area contributed by atoms with E-state index < -0.39 is 18.3 Å². The fraction of sp³-hybridized carbons (Fsp3) is 0.565. The number of piperidine rings is 1. The van der Waals surface area contributed by atoms with Crippen LogP contribution in [0.2, 0.25) is 0 Å². The molecular formula is C23H29F3N4O. The molecular weight excluding hydrogens is 405 g/mol. The number of carbonyl (C=O) groups excluding carboxylic acids is 1. The zero-order valence-corrected chi connectivity index (χ0v) is 18.1. The maximum Gasteiger partial charge on any atom is 0.260 e. The molecule has 0 bridgehead atoms. The Labute approximate surface area is 180 Å². The molecule has 8 heteroatoms. The Morgan fingerprint density at radius 1 is 1.19 bits per heavy atom. The van der Waals surface area contributed by atoms with Crippen molar-refractivity contribution in [2.45, 2.75) is 64.0 Å². The quantitative estimate of drug-likeness (QED) is 0.751. The van der Waals surface area contributed by atoms with Crippen LogP contribution in [0.15, 0.2) is 30.3 Å². The zero-order valence-electron chi connectivity index (χ0n) is 18.1. The molecule has 1 amide bonds. The average molecular weight is 435 g/mol. The second-order valence-corrected chi connectivity index (χ2v) is 9.61. The van der Waals surface area contributed by atoms with Crippen molar-refractivity contribution in [3.8, 4) is 0 Å². The summed E-state index contributed by atoms with van der Waals surface area (Å²) in [6.45, 7) is 7.01. The Morgan fingerprint density at radius 2 is 1.87 bits per heavy atom. The van der Waals surface area contributed by atoms with Gasteiger partial charge in [-0.2, -0.15) is 5.10 Å². The third kappa shape index (κ3) is 4.29. The summed E-state index contributed by atoms with van der Waals surface area (Å²) in [5, 5.41) is 7.90. The molecule has 3 heterocycles. The number of halogens is 3. The Balaban J connectivity index is 1.46. The second-order valence-electron chi connectivity index (χ2n) is 9.61. The highest BCUT2D eigenvalue weighted by atomic mass is 19.3. The van der Waals surface area contributed by atoms with E-state index in [1.54, 1.807) is 17.0 Å². The van der Waals surface area contributed by atoms with Crippen LogP contribution in [0.5, 0.6) is 0 Å². The van der Waals surface area contributed by atoms with Crippen LogP contribution >= 0.6 is 0 Å². The number of benzene rings is 1. The number of alkyl halides is 2. The summed E-state index contributed by atoms with van der Waals surface area (Å²) < 4.78 is 43.1. The molecule has 0 unspecified atom stereocenters. The predicted molar refractivity (Wildman–Crippen MR) is 113 cm³/mol. The summed E-state index contributed by atoms with van der Waals surface area (Å²) >= 11 is 0. The molecule has 168 valence electrons. The van der Waals surface area contributed by atoms with Gasteiger partial charge in [-0.15, -0.1) is 0 Å². The number of carbonyl (C=O) groups is 1. The van der Waals surface area contributed by atoms with Gasteiger partial charge in [0.1, 0.15) is 17.7 Å². The van der Waals surface area contributed by atoms with Gasteiger partial charge in [-0.25, -0.2) is 17.9 Å². The van der Waals surface area contributed by atoms with E-state index in [1.807, 2.05) is 26.8 Å². The molecule has 1 aromatic carbocycles. The monoisotopic (exact) mass is 434 g/mol. The minimum Gasteiger partial charge on any atom is -0.367 e. The Morgan fingerprint density at radius 3 is 2.48 bits per heavy atom. The van der Waals surface area contributed by atoms with Crippen LogP contribution in [0.1, 0.15) is 62.1 Å². The van der Waals surface area contributed by atoms with Crippen molar-refractivity contribution < 1.29 is 18.0 Å². The molecule has 0 spiro atoms. The van der Waals surface area contributed by atoms with Crippen LogP contribution in [-0.2, 0) is 5.41 Å². The van der Waals surface area contributed by atoms with Gasteiger partial charge in [-0.1, -0.05) is 32.9 Å². The van der Waals surface area contributed by atoms with Crippen molar-refractivity contribution >= 4 is 11.7 Å². The van der Waals surface area contributed by atoms with E-state index in [9.17, 15) is 18.0 Å². The molecule has 2 atom stereocenters. The van der Waals surface area contributed by atoms with E-state index in [0.717, 1.165) is 5.69 Å². The lowest BCUT2D eigenvalue weighted by Crippen LogP contribution is -2.46. The van der Waals surface area contributed by atoms with E-state index >= 15 is 0 Å². The molecule has 1 saturated heterocycles. The summed E-state index contributed by atoms with van der Waals surface area (Å²) in [4.78, 5) is 14.3. The first-order chi connectivity index (χ1) is 14.6. The average Bonchev–Trinajstić information content (AvgIpc) is 3.18. The lowest BCUT2D eigenvalue weighted by atomic mass is 9.84. The Hall–Kier alpha value is -2.51. The highest BCUT2D eigenvalue weighted by molar-refractivity contribution is 5.94. The van der Waals surface area contributed by atoms with Crippen LogP contribution in [0, 0.1) is 11.7 Å². The summed E-state index contributed by atoms with van der Waals surface area (Å²) in [6, 6.07) is 6.78. The van der Waals surface area contributed by atoms with Crippen molar-refractivity contribution in [2.24, 2.45) is 5.92 Å². The number of hydrogen-bond donors (Lipinski definition) is 1. The van der Waals surface area contributed by atoms with Crippen molar-refractivity contribution in [2.75, 3.05) is 18.4 Å². The molecule has 2 aliphatic heterocycles. The van der Waals surface area contributed by atoms with Crippen LogP contribution in [-0.4, -0.2) is 46.1 Å². The third-order valence-electron chi connectivity index (χ3n) is 6.44. The molecule has 0 aliphatic carbocycles. The minimum absolute atomic E-state index is 0.0770. The standard InChI is InChI=1S/C23H29F3N4O/c1-23(2,3)19-13-20-27-17(12-18(21(25)26)30(20)28-19)14-8-10-29(11-9-14)22(31)15-6-4-5-7-16(15)24/h4-7,13-14,17-18,21,27H,8-12H2,1-3H3/t17-,18+/m0/s1. The molecule has 1 N–H and O–H groups in total. The Bertz CT molecular complexity index is 945. The zero-order chi connectivity index (χ0) is 22.3. The topological polar surface area (TPSA) is 50.2 Å². The fourth-order valence-corrected chi connectivity index (χ4v) is 4.56. The Kier molecular flexibility index (Phi) is 5.75. The number of amides is 1. The summed E-state index contributed by atoms with van der Waals surface area (Å²) in [7, 11) is 0. The number of anilines is 1.